The first-order chi connectivity index (χ1) is 12.2. The Kier molecular flexibility index (Phi) is 4.99. The molecule has 3 rings (SSSR count). The van der Waals surface area contributed by atoms with Gasteiger partial charge in [0.15, 0.2) is 0 Å². The van der Waals surface area contributed by atoms with E-state index >= 15 is 0 Å². The largest absolute Gasteiger partial charge is 0.444 e. The molecule has 0 unspecified atom stereocenters. The fraction of sp³-hybridized carbons (Fsp3) is 0.471. The lowest BCUT2D eigenvalue weighted by Gasteiger charge is -2.20. The summed E-state index contributed by atoms with van der Waals surface area (Å²) >= 11 is 1.46. The second kappa shape index (κ2) is 7.06. The van der Waals surface area contributed by atoms with Crippen LogP contribution in [0.2, 0.25) is 0 Å². The Morgan fingerprint density at radius 2 is 2.19 bits per heavy atom. The van der Waals surface area contributed by atoms with Gasteiger partial charge in [0, 0.05) is 10.6 Å². The molecule has 1 aromatic rings. The second-order valence-electron chi connectivity index (χ2n) is 7.02. The molecule has 1 fully saturated rings. The van der Waals surface area contributed by atoms with Crippen LogP contribution in [0.25, 0.3) is 0 Å². The van der Waals surface area contributed by atoms with Gasteiger partial charge in [-0.25, -0.2) is 9.59 Å². The molecular formula is C17H21N3O5S. The lowest BCUT2D eigenvalue weighted by Crippen LogP contribution is -2.38. The molecule has 0 spiro atoms. The van der Waals surface area contributed by atoms with Crippen molar-refractivity contribution in [3.05, 3.63) is 18.2 Å². The number of thioether (sulfide) groups is 1. The Morgan fingerprint density at radius 3 is 2.92 bits per heavy atom. The van der Waals surface area contributed by atoms with Gasteiger partial charge in [-0.2, -0.15) is 0 Å². The van der Waals surface area contributed by atoms with E-state index in [0.717, 1.165) is 4.90 Å². The third-order valence-electron chi connectivity index (χ3n) is 3.65. The number of amides is 3. The predicted molar refractivity (Wildman–Crippen MR) is 97.6 cm³/mol. The molecule has 0 aliphatic carbocycles. The van der Waals surface area contributed by atoms with Gasteiger partial charge in [0.1, 0.15) is 11.7 Å². The van der Waals surface area contributed by atoms with Crippen molar-refractivity contribution in [3.8, 4) is 0 Å². The van der Waals surface area contributed by atoms with Gasteiger partial charge in [-0.3, -0.25) is 9.69 Å². The smallest absolute Gasteiger partial charge is 0.414 e. The van der Waals surface area contributed by atoms with E-state index in [1.54, 1.807) is 26.8 Å². The highest BCUT2D eigenvalue weighted by Crippen LogP contribution is 2.35. The average molecular weight is 379 g/mol. The number of rotatable bonds is 3. The average Bonchev–Trinajstić information content (AvgIpc) is 2.91. The maximum Gasteiger partial charge on any atom is 0.414 e. The van der Waals surface area contributed by atoms with E-state index in [1.165, 1.54) is 16.7 Å². The van der Waals surface area contributed by atoms with Crippen LogP contribution in [0.5, 0.6) is 0 Å². The van der Waals surface area contributed by atoms with Crippen LogP contribution in [0.3, 0.4) is 0 Å². The van der Waals surface area contributed by atoms with Gasteiger partial charge < -0.3 is 20.1 Å². The first-order valence-corrected chi connectivity index (χ1v) is 9.21. The molecular weight excluding hydrogens is 358 g/mol. The summed E-state index contributed by atoms with van der Waals surface area (Å²) in [6, 6.07) is 5.44. The number of anilines is 2. The van der Waals surface area contributed by atoms with Crippen molar-refractivity contribution >= 4 is 41.2 Å². The molecule has 1 atom stereocenters. The van der Waals surface area contributed by atoms with Gasteiger partial charge in [-0.15, -0.1) is 11.8 Å². The molecule has 0 bridgehead atoms. The van der Waals surface area contributed by atoms with E-state index in [2.05, 4.69) is 10.6 Å². The molecule has 2 aliphatic rings. The predicted octanol–water partition coefficient (Wildman–Crippen LogP) is 2.58. The fourth-order valence-electron chi connectivity index (χ4n) is 2.59. The highest BCUT2D eigenvalue weighted by molar-refractivity contribution is 8.00. The molecule has 3 amide bonds. The maximum atomic E-state index is 12.2. The minimum absolute atomic E-state index is 0.0666. The number of ether oxygens (including phenoxy) is 2. The van der Waals surface area contributed by atoms with Crippen LogP contribution in [0.15, 0.2) is 23.1 Å². The highest BCUT2D eigenvalue weighted by Gasteiger charge is 2.33. The van der Waals surface area contributed by atoms with Crippen molar-refractivity contribution in [2.45, 2.75) is 37.4 Å². The third kappa shape index (κ3) is 4.40. The van der Waals surface area contributed by atoms with Crippen LogP contribution in [0, 0.1) is 0 Å². The van der Waals surface area contributed by atoms with Crippen LogP contribution >= 0.6 is 11.8 Å². The van der Waals surface area contributed by atoms with Crippen LogP contribution in [0.4, 0.5) is 21.0 Å². The summed E-state index contributed by atoms with van der Waals surface area (Å²) in [4.78, 5) is 37.8. The summed E-state index contributed by atoms with van der Waals surface area (Å²) in [7, 11) is 0. The number of hydrogen-bond acceptors (Lipinski definition) is 6. The molecule has 1 aromatic carbocycles. The number of alkyl carbamates (subject to hydrolysis) is 1. The van der Waals surface area contributed by atoms with Crippen molar-refractivity contribution in [1.29, 1.82) is 0 Å². The normalized spacial score (nSPS) is 19.5. The number of carbonyl (C=O) groups excluding carboxylic acids is 3. The van der Waals surface area contributed by atoms with Crippen LogP contribution < -0.4 is 15.5 Å². The van der Waals surface area contributed by atoms with Gasteiger partial charge in [-0.1, -0.05) is 0 Å². The Bertz CT molecular complexity index is 746. The van der Waals surface area contributed by atoms with Gasteiger partial charge >= 0.3 is 12.2 Å². The molecule has 0 aromatic heterocycles. The zero-order valence-corrected chi connectivity index (χ0v) is 15.6. The molecule has 9 heteroatoms. The first kappa shape index (κ1) is 18.4. The number of fused-ring (bicyclic) bond motifs is 1. The molecule has 2 heterocycles. The number of nitrogens with one attached hydrogen (secondary N) is 2. The zero-order chi connectivity index (χ0) is 18.9. The topological polar surface area (TPSA) is 97.0 Å². The van der Waals surface area contributed by atoms with E-state index in [4.69, 9.17) is 9.47 Å². The third-order valence-corrected chi connectivity index (χ3v) is 4.73. The summed E-state index contributed by atoms with van der Waals surface area (Å²) in [6.07, 6.45) is -1.52. The van der Waals surface area contributed by atoms with Crippen molar-refractivity contribution in [2.75, 3.05) is 29.1 Å². The Labute approximate surface area is 155 Å². The number of carbonyl (C=O) groups is 3. The van der Waals surface area contributed by atoms with E-state index in [9.17, 15) is 14.4 Å². The van der Waals surface area contributed by atoms with Crippen LogP contribution in [-0.2, 0) is 14.3 Å². The van der Waals surface area contributed by atoms with Gasteiger partial charge in [0.2, 0.25) is 5.91 Å². The quantitative estimate of drug-likeness (QED) is 0.838. The van der Waals surface area contributed by atoms with Gasteiger partial charge in [-0.05, 0) is 39.0 Å². The summed E-state index contributed by atoms with van der Waals surface area (Å²) < 4.78 is 10.5. The zero-order valence-electron chi connectivity index (χ0n) is 14.8. The van der Waals surface area contributed by atoms with E-state index in [0.29, 0.717) is 23.7 Å². The van der Waals surface area contributed by atoms with Gasteiger partial charge in [0.25, 0.3) is 0 Å². The Hall–Kier alpha value is -2.42. The summed E-state index contributed by atoms with van der Waals surface area (Å²) in [5.74, 6) is 0.319. The van der Waals surface area contributed by atoms with Crippen LogP contribution in [0.1, 0.15) is 20.8 Å². The number of hydrogen-bond donors (Lipinski definition) is 2. The lowest BCUT2D eigenvalue weighted by molar-refractivity contribution is -0.113. The summed E-state index contributed by atoms with van der Waals surface area (Å²) in [6.45, 7) is 5.79. The second-order valence-corrected chi connectivity index (χ2v) is 8.03. The van der Waals surface area contributed by atoms with Crippen molar-refractivity contribution in [3.63, 3.8) is 0 Å². The lowest BCUT2D eigenvalue weighted by atomic mass is 10.2. The minimum atomic E-state index is -0.589. The van der Waals surface area contributed by atoms with Gasteiger partial charge in [0.05, 0.1) is 24.5 Å². The minimum Gasteiger partial charge on any atom is -0.444 e. The number of benzene rings is 1. The molecule has 1 saturated heterocycles. The Morgan fingerprint density at radius 1 is 1.42 bits per heavy atom. The van der Waals surface area contributed by atoms with E-state index in [1.807, 2.05) is 12.1 Å². The van der Waals surface area contributed by atoms with Crippen molar-refractivity contribution in [1.82, 2.24) is 5.32 Å². The molecule has 0 radical (unpaired) electrons. The number of nitrogens with zero attached hydrogens (tertiary/aromatic N) is 1. The van der Waals surface area contributed by atoms with E-state index in [-0.39, 0.29) is 12.5 Å². The van der Waals surface area contributed by atoms with E-state index < -0.39 is 23.9 Å². The summed E-state index contributed by atoms with van der Waals surface area (Å²) in [5.41, 5.74) is 0.733. The van der Waals surface area contributed by atoms with Crippen molar-refractivity contribution in [2.24, 2.45) is 0 Å². The van der Waals surface area contributed by atoms with Crippen LogP contribution in [-0.4, -0.2) is 48.6 Å². The fourth-order valence-corrected chi connectivity index (χ4v) is 3.38. The molecule has 2 aliphatic heterocycles. The molecule has 8 nitrogen and oxygen atoms in total. The highest BCUT2D eigenvalue weighted by atomic mass is 32.2. The maximum absolute atomic E-state index is 12.2. The van der Waals surface area contributed by atoms with Crippen molar-refractivity contribution < 1.29 is 23.9 Å². The number of cyclic esters (lactones) is 1. The Balaban J connectivity index is 1.61. The molecule has 0 saturated carbocycles. The molecule has 2 N–H and O–H groups in total. The standard InChI is InChI=1S/C17H21N3O5S/c1-17(2,3)25-15(22)18-7-11-8-20(16(23)24-11)10-4-5-13-12(6-10)19-14(21)9-26-13/h4-6,11H,7-9H2,1-3H3,(H,18,22)(H,19,21)/t11-/m1/s1. The summed E-state index contributed by atoms with van der Waals surface area (Å²) in [5, 5.41) is 5.40. The SMILES string of the molecule is CC(C)(C)OC(=O)NC[C@@H]1CN(c2ccc3c(c2)NC(=O)CS3)C(=O)O1. The first-order valence-electron chi connectivity index (χ1n) is 8.23. The molecule has 140 valence electrons. The molecule has 26 heavy (non-hydrogen) atoms. The monoisotopic (exact) mass is 379 g/mol.